The van der Waals surface area contributed by atoms with Crippen molar-refractivity contribution >= 4 is 17.8 Å². The Morgan fingerprint density at radius 1 is 1.16 bits per heavy atom. The number of nitrogens with zero attached hydrogens (tertiary/aromatic N) is 2. The quantitative estimate of drug-likeness (QED) is 0.679. The van der Waals surface area contributed by atoms with Crippen LogP contribution in [-0.4, -0.2) is 45.9 Å². The average molecular weight is 427 g/mol. The molecule has 0 radical (unpaired) electrons. The number of imide groups is 1. The summed E-state index contributed by atoms with van der Waals surface area (Å²) in [4.78, 5) is 42.8. The van der Waals surface area contributed by atoms with Gasteiger partial charge in [0.25, 0.3) is 11.8 Å². The maximum absolute atomic E-state index is 13.1. The second-order valence-electron chi connectivity index (χ2n) is 9.65. The highest BCUT2D eigenvalue weighted by atomic mass is 16.5. The van der Waals surface area contributed by atoms with Gasteiger partial charge in [-0.2, -0.15) is 0 Å². The van der Waals surface area contributed by atoms with Gasteiger partial charge in [-0.3, -0.25) is 14.5 Å². The van der Waals surface area contributed by atoms with Crippen LogP contribution in [0.2, 0.25) is 0 Å². The Morgan fingerprint density at radius 2 is 1.97 bits per heavy atom. The van der Waals surface area contributed by atoms with E-state index in [1.165, 1.54) is 30.6 Å². The Morgan fingerprint density at radius 3 is 2.65 bits per heavy atom. The van der Waals surface area contributed by atoms with Crippen molar-refractivity contribution in [1.29, 1.82) is 0 Å². The molecular weight excluding hydrogens is 396 g/mol. The molecule has 4 atom stereocenters. The molecule has 8 nitrogen and oxygen atoms in total. The molecule has 5 rings (SSSR count). The molecule has 4 unspecified atom stereocenters. The molecule has 2 heterocycles. The third kappa shape index (κ3) is 3.88. The van der Waals surface area contributed by atoms with Crippen molar-refractivity contribution < 1.29 is 19.1 Å². The largest absolute Gasteiger partial charge is 0.474 e. The van der Waals surface area contributed by atoms with E-state index in [0.29, 0.717) is 31.6 Å². The summed E-state index contributed by atoms with van der Waals surface area (Å²) < 4.78 is 5.93. The van der Waals surface area contributed by atoms with E-state index < -0.39 is 5.91 Å². The van der Waals surface area contributed by atoms with E-state index in [1.807, 2.05) is 0 Å². The van der Waals surface area contributed by atoms with Crippen molar-refractivity contribution in [2.45, 2.75) is 76.0 Å². The summed E-state index contributed by atoms with van der Waals surface area (Å²) in [5.41, 5.74) is 5.66. The number of pyridine rings is 1. The fraction of sp³-hybridized carbons (Fsp3) is 0.652. The molecule has 0 aromatic carbocycles. The minimum absolute atomic E-state index is 0.0575. The number of aromatic nitrogens is 1. The third-order valence-electron chi connectivity index (χ3n) is 7.80. The van der Waals surface area contributed by atoms with Crippen molar-refractivity contribution in [2.24, 2.45) is 23.5 Å². The lowest BCUT2D eigenvalue weighted by Crippen LogP contribution is -2.44. The number of rotatable bonds is 6. The maximum atomic E-state index is 13.1. The summed E-state index contributed by atoms with van der Waals surface area (Å²) in [6.45, 7) is 0. The van der Waals surface area contributed by atoms with E-state index in [4.69, 9.17) is 10.5 Å². The van der Waals surface area contributed by atoms with Crippen LogP contribution in [-0.2, 0) is 4.79 Å². The zero-order valence-corrected chi connectivity index (χ0v) is 17.7. The second-order valence-corrected chi connectivity index (χ2v) is 9.65. The molecule has 2 bridgehead atoms. The first-order valence-corrected chi connectivity index (χ1v) is 11.5. The lowest BCUT2D eigenvalue weighted by molar-refractivity contribution is -0.130. The number of hydrogen-bond donors (Lipinski definition) is 2. The molecule has 3 aliphatic carbocycles. The number of ether oxygens (including phenoxy) is 1. The smallest absolute Gasteiger partial charge is 0.325 e. The molecule has 0 spiro atoms. The molecule has 31 heavy (non-hydrogen) atoms. The lowest BCUT2D eigenvalue weighted by atomic mass is 9.84. The molecule has 3 N–H and O–H groups in total. The number of primary amides is 1. The minimum atomic E-state index is -0.572. The Labute approximate surface area is 181 Å². The topological polar surface area (TPSA) is 115 Å². The number of carbonyl (C=O) groups is 3. The highest BCUT2D eigenvalue weighted by Gasteiger charge is 2.47. The Kier molecular flexibility index (Phi) is 5.32. The second kappa shape index (κ2) is 8.13. The van der Waals surface area contributed by atoms with E-state index in [0.717, 1.165) is 18.3 Å². The van der Waals surface area contributed by atoms with Gasteiger partial charge in [-0.05, 0) is 81.3 Å². The van der Waals surface area contributed by atoms with Gasteiger partial charge >= 0.3 is 6.03 Å². The number of urea groups is 1. The first kappa shape index (κ1) is 20.3. The Balaban J connectivity index is 1.16. The van der Waals surface area contributed by atoms with Gasteiger partial charge in [0, 0.05) is 12.2 Å². The maximum Gasteiger partial charge on any atom is 0.325 e. The number of fused-ring (bicyclic) bond motifs is 2. The third-order valence-corrected chi connectivity index (χ3v) is 7.80. The van der Waals surface area contributed by atoms with Crippen LogP contribution < -0.4 is 15.8 Å². The average Bonchev–Trinajstić information content (AvgIpc) is 3.45. The molecule has 1 aliphatic heterocycles. The van der Waals surface area contributed by atoms with Crippen molar-refractivity contribution in [3.63, 3.8) is 0 Å². The van der Waals surface area contributed by atoms with E-state index in [1.54, 1.807) is 18.3 Å². The molecule has 1 saturated heterocycles. The fourth-order valence-electron chi connectivity index (χ4n) is 6.27. The lowest BCUT2D eigenvalue weighted by Gasteiger charge is -2.33. The molecular formula is C23H30N4O4. The predicted molar refractivity (Wildman–Crippen MR) is 112 cm³/mol. The molecule has 4 aliphatic rings. The van der Waals surface area contributed by atoms with Crippen molar-refractivity contribution in [1.82, 2.24) is 15.2 Å². The summed E-state index contributed by atoms with van der Waals surface area (Å²) in [5, 5.41) is 2.95. The van der Waals surface area contributed by atoms with Gasteiger partial charge in [0.2, 0.25) is 5.88 Å². The minimum Gasteiger partial charge on any atom is -0.474 e. The van der Waals surface area contributed by atoms with Crippen LogP contribution in [0, 0.1) is 17.8 Å². The number of carbonyl (C=O) groups excluding carboxylic acids is 3. The first-order chi connectivity index (χ1) is 15.0. The molecule has 4 amide bonds. The number of hydrogen-bond acceptors (Lipinski definition) is 5. The van der Waals surface area contributed by atoms with E-state index in [-0.39, 0.29) is 41.6 Å². The predicted octanol–water partition coefficient (Wildman–Crippen LogP) is 2.62. The number of nitrogens with one attached hydrogen (secondary N) is 1. The Bertz CT molecular complexity index is 882. The van der Waals surface area contributed by atoms with Gasteiger partial charge in [-0.25, -0.2) is 9.78 Å². The van der Waals surface area contributed by atoms with Gasteiger partial charge in [-0.15, -0.1) is 0 Å². The van der Waals surface area contributed by atoms with Crippen LogP contribution >= 0.6 is 0 Å². The molecule has 1 aromatic heterocycles. The SMILES string of the molecule is NC(=O)c1cccnc1O[C@H]1CC[C@H](N2C(=O)NC(CC3CC4CCC3C4)C2=O)CC1. The van der Waals surface area contributed by atoms with Gasteiger partial charge in [-0.1, -0.05) is 6.42 Å². The highest BCUT2D eigenvalue weighted by molar-refractivity contribution is 6.04. The van der Waals surface area contributed by atoms with Crippen LogP contribution in [0.4, 0.5) is 4.79 Å². The molecule has 8 heteroatoms. The van der Waals surface area contributed by atoms with Gasteiger partial charge < -0.3 is 15.8 Å². The van der Waals surface area contributed by atoms with Crippen LogP contribution in [0.5, 0.6) is 5.88 Å². The van der Waals surface area contributed by atoms with Crippen molar-refractivity contribution in [3.8, 4) is 5.88 Å². The zero-order chi connectivity index (χ0) is 21.5. The summed E-state index contributed by atoms with van der Waals surface area (Å²) in [6.07, 6.45) is 10.1. The molecule has 4 fully saturated rings. The zero-order valence-electron chi connectivity index (χ0n) is 17.7. The van der Waals surface area contributed by atoms with Crippen LogP contribution in [0.15, 0.2) is 18.3 Å². The van der Waals surface area contributed by atoms with E-state index in [9.17, 15) is 14.4 Å². The standard InChI is InChI=1S/C23H30N4O4/c24-20(28)18-2-1-9-25-21(18)31-17-7-5-16(6-8-17)27-22(29)19(26-23(27)30)12-15-11-13-3-4-14(15)10-13/h1-2,9,13-17,19H,3-8,10-12H2,(H2,24,28)(H,26,30)/t13?,14?,15?,16-,17-,19?. The number of amides is 4. The van der Waals surface area contributed by atoms with Gasteiger partial charge in [0.05, 0.1) is 0 Å². The molecule has 1 aromatic rings. The van der Waals surface area contributed by atoms with E-state index in [2.05, 4.69) is 10.3 Å². The van der Waals surface area contributed by atoms with Gasteiger partial charge in [0.1, 0.15) is 17.7 Å². The normalized spacial score (nSPS) is 34.8. The van der Waals surface area contributed by atoms with Crippen LogP contribution in [0.1, 0.15) is 68.1 Å². The summed E-state index contributed by atoms with van der Waals surface area (Å²) in [6, 6.07) is 2.53. The van der Waals surface area contributed by atoms with Crippen molar-refractivity contribution in [2.75, 3.05) is 0 Å². The summed E-state index contributed by atoms with van der Waals surface area (Å²) in [7, 11) is 0. The van der Waals surface area contributed by atoms with E-state index >= 15 is 0 Å². The summed E-state index contributed by atoms with van der Waals surface area (Å²) >= 11 is 0. The molecule has 166 valence electrons. The van der Waals surface area contributed by atoms with Crippen LogP contribution in [0.3, 0.4) is 0 Å². The molecule has 3 saturated carbocycles. The number of nitrogens with two attached hydrogens (primary N) is 1. The highest BCUT2D eigenvalue weighted by Crippen LogP contribution is 2.50. The van der Waals surface area contributed by atoms with Crippen LogP contribution in [0.25, 0.3) is 0 Å². The first-order valence-electron chi connectivity index (χ1n) is 11.5. The summed E-state index contributed by atoms with van der Waals surface area (Å²) in [5.74, 6) is 1.78. The Hall–Kier alpha value is -2.64. The van der Waals surface area contributed by atoms with Crippen molar-refractivity contribution in [3.05, 3.63) is 23.9 Å². The fourth-order valence-corrected chi connectivity index (χ4v) is 6.27. The monoisotopic (exact) mass is 426 g/mol. The van der Waals surface area contributed by atoms with Gasteiger partial charge in [0.15, 0.2) is 0 Å².